The number of rotatable bonds is 13. The van der Waals surface area contributed by atoms with Crippen LogP contribution in [0.3, 0.4) is 0 Å². The summed E-state index contributed by atoms with van der Waals surface area (Å²) < 4.78 is 10.2. The van der Waals surface area contributed by atoms with E-state index in [0.29, 0.717) is 43.7 Å². The highest BCUT2D eigenvalue weighted by Gasteiger charge is 2.10. The van der Waals surface area contributed by atoms with Crippen LogP contribution in [0.2, 0.25) is 0 Å². The Balaban J connectivity index is 4.28. The first kappa shape index (κ1) is 22.6. The topological polar surface area (TPSA) is 84.9 Å². The van der Waals surface area contributed by atoms with E-state index in [1.807, 2.05) is 4.90 Å². The van der Waals surface area contributed by atoms with E-state index < -0.39 is 11.9 Å². The third kappa shape index (κ3) is 11.7. The van der Waals surface area contributed by atoms with Crippen LogP contribution in [-0.2, 0) is 23.9 Å². The van der Waals surface area contributed by atoms with Gasteiger partial charge in [-0.15, -0.1) is 0 Å². The number of amides is 1. The second-order valence-corrected chi connectivity index (χ2v) is 5.52. The zero-order valence-electron chi connectivity index (χ0n) is 15.1. The van der Waals surface area contributed by atoms with Crippen molar-refractivity contribution in [1.29, 1.82) is 0 Å². The van der Waals surface area contributed by atoms with Gasteiger partial charge in [0.05, 0.1) is 0 Å². The molecule has 0 aromatic carbocycles. The van der Waals surface area contributed by atoms with Crippen molar-refractivity contribution in [3.05, 3.63) is 37.0 Å². The molecule has 0 rings (SSSR count). The second-order valence-electron chi connectivity index (χ2n) is 5.52. The lowest BCUT2D eigenvalue weighted by molar-refractivity contribution is -0.139. The van der Waals surface area contributed by atoms with Crippen molar-refractivity contribution in [1.82, 2.24) is 10.2 Å². The minimum absolute atomic E-state index is 0.207. The average molecular weight is 352 g/mol. The molecule has 0 spiro atoms. The van der Waals surface area contributed by atoms with Gasteiger partial charge < -0.3 is 14.8 Å². The van der Waals surface area contributed by atoms with Gasteiger partial charge in [-0.25, -0.2) is 9.59 Å². The summed E-state index contributed by atoms with van der Waals surface area (Å²) in [7, 11) is 0. The smallest absolute Gasteiger partial charge is 0.333 e. The van der Waals surface area contributed by atoms with Crippen molar-refractivity contribution in [2.75, 3.05) is 39.4 Å². The van der Waals surface area contributed by atoms with Gasteiger partial charge in [0.15, 0.2) is 0 Å². The van der Waals surface area contributed by atoms with Crippen LogP contribution in [0.1, 0.15) is 20.3 Å². The molecule has 0 aromatic heterocycles. The summed E-state index contributed by atoms with van der Waals surface area (Å²) in [5, 5.41) is 2.69. The van der Waals surface area contributed by atoms with Gasteiger partial charge in [0, 0.05) is 37.3 Å². The molecule has 0 heterocycles. The molecule has 0 unspecified atom stereocenters. The SMILES string of the molecule is C=CC(=O)NCCCN(CCOC(=O)C(=C)C)CCOC(=O)C(=C)C. The van der Waals surface area contributed by atoms with E-state index in [4.69, 9.17) is 9.47 Å². The van der Waals surface area contributed by atoms with E-state index in [0.717, 1.165) is 0 Å². The Bertz CT molecular complexity index is 482. The minimum atomic E-state index is -0.438. The summed E-state index contributed by atoms with van der Waals surface area (Å²) in [6, 6.07) is 0. The number of nitrogens with one attached hydrogen (secondary N) is 1. The minimum Gasteiger partial charge on any atom is -0.461 e. The maximum Gasteiger partial charge on any atom is 0.333 e. The molecule has 0 atom stereocenters. The van der Waals surface area contributed by atoms with Crippen LogP contribution in [0, 0.1) is 0 Å². The zero-order chi connectivity index (χ0) is 19.2. The molecular formula is C18H28N2O5. The standard InChI is InChI=1S/C18H28N2O5/c1-6-16(21)19-8-7-9-20(10-12-24-17(22)14(2)3)11-13-25-18(23)15(4)5/h6H,1-2,4,7-13H2,3,5H3,(H,19,21). The van der Waals surface area contributed by atoms with E-state index in [9.17, 15) is 14.4 Å². The van der Waals surface area contributed by atoms with Crippen molar-refractivity contribution in [2.45, 2.75) is 20.3 Å². The number of ether oxygens (including phenoxy) is 2. The summed E-state index contributed by atoms with van der Waals surface area (Å²) in [5.41, 5.74) is 0.683. The van der Waals surface area contributed by atoms with Gasteiger partial charge in [-0.05, 0) is 26.3 Å². The maximum absolute atomic E-state index is 11.4. The van der Waals surface area contributed by atoms with Gasteiger partial charge in [0.2, 0.25) is 5.91 Å². The number of carbonyl (C=O) groups is 3. The largest absolute Gasteiger partial charge is 0.461 e. The number of carbonyl (C=O) groups excluding carboxylic acids is 3. The maximum atomic E-state index is 11.4. The Morgan fingerprint density at radius 3 is 1.84 bits per heavy atom. The molecule has 1 N–H and O–H groups in total. The molecule has 140 valence electrons. The van der Waals surface area contributed by atoms with Crippen LogP contribution < -0.4 is 5.32 Å². The molecule has 0 aromatic rings. The third-order valence-electron chi connectivity index (χ3n) is 3.11. The van der Waals surface area contributed by atoms with Gasteiger partial charge in [-0.1, -0.05) is 19.7 Å². The van der Waals surface area contributed by atoms with Crippen LogP contribution in [-0.4, -0.2) is 62.1 Å². The van der Waals surface area contributed by atoms with Crippen LogP contribution in [0.25, 0.3) is 0 Å². The highest BCUT2D eigenvalue weighted by Crippen LogP contribution is 1.98. The summed E-state index contributed by atoms with van der Waals surface area (Å²) in [6.07, 6.45) is 1.91. The first-order valence-corrected chi connectivity index (χ1v) is 8.05. The molecular weight excluding hydrogens is 324 g/mol. The zero-order valence-corrected chi connectivity index (χ0v) is 15.1. The number of esters is 2. The normalized spacial score (nSPS) is 10.0. The van der Waals surface area contributed by atoms with Crippen molar-refractivity contribution in [2.24, 2.45) is 0 Å². The molecule has 7 nitrogen and oxygen atoms in total. The van der Waals surface area contributed by atoms with Crippen molar-refractivity contribution in [3.63, 3.8) is 0 Å². The van der Waals surface area contributed by atoms with Gasteiger partial charge in [-0.3, -0.25) is 9.69 Å². The number of hydrogen-bond acceptors (Lipinski definition) is 6. The molecule has 7 heteroatoms. The predicted molar refractivity (Wildman–Crippen MR) is 95.8 cm³/mol. The molecule has 1 amide bonds. The van der Waals surface area contributed by atoms with Gasteiger partial charge in [0.1, 0.15) is 13.2 Å². The summed E-state index contributed by atoms with van der Waals surface area (Å²) in [4.78, 5) is 35.9. The van der Waals surface area contributed by atoms with Gasteiger partial charge in [0.25, 0.3) is 0 Å². The molecule has 0 aliphatic carbocycles. The van der Waals surface area contributed by atoms with E-state index in [1.165, 1.54) is 6.08 Å². The lowest BCUT2D eigenvalue weighted by Crippen LogP contribution is -2.35. The lowest BCUT2D eigenvalue weighted by atomic mass is 10.3. The van der Waals surface area contributed by atoms with Crippen molar-refractivity contribution < 1.29 is 23.9 Å². The summed E-state index contributed by atoms with van der Waals surface area (Å²) >= 11 is 0. The average Bonchev–Trinajstić information content (AvgIpc) is 2.57. The molecule has 25 heavy (non-hydrogen) atoms. The quantitative estimate of drug-likeness (QED) is 0.305. The number of nitrogens with zero attached hydrogens (tertiary/aromatic N) is 1. The van der Waals surface area contributed by atoms with Crippen LogP contribution in [0.4, 0.5) is 0 Å². The fraction of sp³-hybridized carbons (Fsp3) is 0.500. The van der Waals surface area contributed by atoms with E-state index in [1.54, 1.807) is 13.8 Å². The first-order chi connectivity index (χ1) is 11.8. The fourth-order valence-electron chi connectivity index (χ4n) is 1.70. The summed E-state index contributed by atoms with van der Waals surface area (Å²) in [5.74, 6) is -1.10. The fourth-order valence-corrected chi connectivity index (χ4v) is 1.70. The van der Waals surface area contributed by atoms with Crippen LogP contribution in [0.5, 0.6) is 0 Å². The molecule has 0 radical (unpaired) electrons. The molecule has 0 saturated heterocycles. The molecule has 0 bridgehead atoms. The van der Waals surface area contributed by atoms with Crippen molar-refractivity contribution in [3.8, 4) is 0 Å². The Hall–Kier alpha value is -2.41. The second kappa shape index (κ2) is 12.9. The molecule has 0 saturated carbocycles. The van der Waals surface area contributed by atoms with Crippen LogP contribution >= 0.6 is 0 Å². The van der Waals surface area contributed by atoms with E-state index in [2.05, 4.69) is 25.1 Å². The third-order valence-corrected chi connectivity index (χ3v) is 3.11. The Labute approximate surface area is 149 Å². The Morgan fingerprint density at radius 1 is 0.960 bits per heavy atom. The molecule has 0 fully saturated rings. The van der Waals surface area contributed by atoms with Crippen molar-refractivity contribution >= 4 is 17.8 Å². The highest BCUT2D eigenvalue weighted by atomic mass is 16.5. The highest BCUT2D eigenvalue weighted by molar-refractivity contribution is 5.87. The lowest BCUT2D eigenvalue weighted by Gasteiger charge is -2.22. The molecule has 0 aliphatic rings. The Kier molecular flexibility index (Phi) is 11.7. The predicted octanol–water partition coefficient (Wildman–Crippen LogP) is 1.22. The first-order valence-electron chi connectivity index (χ1n) is 8.05. The van der Waals surface area contributed by atoms with Crippen LogP contribution in [0.15, 0.2) is 37.0 Å². The number of hydrogen-bond donors (Lipinski definition) is 1. The van der Waals surface area contributed by atoms with E-state index >= 15 is 0 Å². The Morgan fingerprint density at radius 2 is 1.44 bits per heavy atom. The monoisotopic (exact) mass is 352 g/mol. The van der Waals surface area contributed by atoms with E-state index in [-0.39, 0.29) is 19.1 Å². The summed E-state index contributed by atoms with van der Waals surface area (Å²) in [6.45, 7) is 16.1. The van der Waals surface area contributed by atoms with Gasteiger partial charge in [-0.2, -0.15) is 0 Å². The van der Waals surface area contributed by atoms with Gasteiger partial charge >= 0.3 is 11.9 Å². The molecule has 0 aliphatic heterocycles.